The highest BCUT2D eigenvalue weighted by Gasteiger charge is 2.20. The molecule has 0 aromatic heterocycles. The van der Waals surface area contributed by atoms with Crippen molar-refractivity contribution in [1.29, 1.82) is 5.41 Å². The zero-order valence-corrected chi connectivity index (χ0v) is 19.1. The third-order valence-electron chi connectivity index (χ3n) is 4.02. The lowest BCUT2D eigenvalue weighted by molar-refractivity contribution is -0.114. The second kappa shape index (κ2) is 11.8. The van der Waals surface area contributed by atoms with Gasteiger partial charge in [-0.15, -0.1) is 0 Å². The first-order valence-corrected chi connectivity index (χ1v) is 10.4. The standard InChI is InChI=1S/C20H19Cl4N5O2/c21-12-6-13(22)8-14(7-12)28-3-4-29-17(9-27-10-30)18(20(26)31)19(25)11-1-2-15(23)16(24)5-11/h1-2,5-8,10,25,28-29H,3-4,9H2,(H2,26,31)(H,27,30)/b18-17+,25-19?. The van der Waals surface area contributed by atoms with Gasteiger partial charge in [0.25, 0.3) is 5.91 Å². The van der Waals surface area contributed by atoms with Crippen LogP contribution in [0.25, 0.3) is 0 Å². The topological polar surface area (TPSA) is 120 Å². The van der Waals surface area contributed by atoms with Crippen molar-refractivity contribution in [2.75, 3.05) is 25.0 Å². The van der Waals surface area contributed by atoms with Crippen LogP contribution in [0, 0.1) is 5.41 Å². The summed E-state index contributed by atoms with van der Waals surface area (Å²) in [5.74, 6) is -0.833. The van der Waals surface area contributed by atoms with E-state index in [1.54, 1.807) is 24.3 Å². The Morgan fingerprint density at radius 3 is 2.26 bits per heavy atom. The van der Waals surface area contributed by atoms with Gasteiger partial charge < -0.3 is 21.7 Å². The first-order valence-electron chi connectivity index (χ1n) is 8.91. The largest absolute Gasteiger partial charge is 0.384 e. The maximum absolute atomic E-state index is 12.2. The van der Waals surface area contributed by atoms with Crippen molar-refractivity contribution in [2.45, 2.75) is 0 Å². The van der Waals surface area contributed by atoms with Gasteiger partial charge in [0.2, 0.25) is 6.41 Å². The Labute approximate surface area is 199 Å². The van der Waals surface area contributed by atoms with Gasteiger partial charge in [-0.3, -0.25) is 15.0 Å². The highest BCUT2D eigenvalue weighted by Crippen LogP contribution is 2.24. The highest BCUT2D eigenvalue weighted by molar-refractivity contribution is 6.42. The smallest absolute Gasteiger partial charge is 0.252 e. The third-order valence-corrected chi connectivity index (χ3v) is 5.20. The maximum atomic E-state index is 12.2. The van der Waals surface area contributed by atoms with Gasteiger partial charge in [-0.25, -0.2) is 0 Å². The second-order valence-corrected chi connectivity index (χ2v) is 7.92. The Morgan fingerprint density at radius 1 is 1.00 bits per heavy atom. The van der Waals surface area contributed by atoms with Crippen LogP contribution in [0.15, 0.2) is 47.7 Å². The van der Waals surface area contributed by atoms with E-state index in [4.69, 9.17) is 57.5 Å². The molecule has 0 bridgehead atoms. The summed E-state index contributed by atoms with van der Waals surface area (Å²) in [6, 6.07) is 9.58. The molecule has 0 aliphatic rings. The molecular weight excluding hydrogens is 484 g/mol. The molecule has 0 saturated heterocycles. The molecule has 0 unspecified atom stereocenters. The number of carbonyl (C=O) groups is 2. The van der Waals surface area contributed by atoms with Crippen LogP contribution in [-0.2, 0) is 9.59 Å². The predicted molar refractivity (Wildman–Crippen MR) is 127 cm³/mol. The van der Waals surface area contributed by atoms with Gasteiger partial charge in [0, 0.05) is 40.1 Å². The van der Waals surface area contributed by atoms with E-state index in [9.17, 15) is 9.59 Å². The molecule has 2 rings (SSSR count). The van der Waals surface area contributed by atoms with Crippen LogP contribution >= 0.6 is 46.4 Å². The van der Waals surface area contributed by atoms with Crippen LogP contribution in [0.2, 0.25) is 20.1 Å². The Hall–Kier alpha value is -2.45. The molecule has 2 aromatic rings. The number of amides is 2. The number of nitrogens with one attached hydrogen (secondary N) is 4. The van der Waals surface area contributed by atoms with Crippen LogP contribution < -0.4 is 21.7 Å². The summed E-state index contributed by atoms with van der Waals surface area (Å²) >= 11 is 23.9. The number of hydrogen-bond acceptors (Lipinski definition) is 5. The summed E-state index contributed by atoms with van der Waals surface area (Å²) in [4.78, 5) is 23.0. The molecular formula is C20H19Cl4N5O2. The van der Waals surface area contributed by atoms with Crippen molar-refractivity contribution in [2.24, 2.45) is 5.73 Å². The lowest BCUT2D eigenvalue weighted by Gasteiger charge is -2.17. The Morgan fingerprint density at radius 2 is 1.68 bits per heavy atom. The molecule has 2 amide bonds. The first-order chi connectivity index (χ1) is 14.7. The van der Waals surface area contributed by atoms with Gasteiger partial charge in [0.1, 0.15) is 0 Å². The Kier molecular flexibility index (Phi) is 9.45. The molecule has 0 spiro atoms. The number of carbonyl (C=O) groups excluding carboxylic acids is 2. The fraction of sp³-hybridized carbons (Fsp3) is 0.150. The number of anilines is 1. The van der Waals surface area contributed by atoms with Gasteiger partial charge in [-0.2, -0.15) is 0 Å². The van der Waals surface area contributed by atoms with Gasteiger partial charge in [0.05, 0.1) is 27.9 Å². The normalized spacial score (nSPS) is 11.4. The van der Waals surface area contributed by atoms with E-state index < -0.39 is 5.91 Å². The van der Waals surface area contributed by atoms with E-state index in [0.29, 0.717) is 40.1 Å². The number of rotatable bonds is 11. The van der Waals surface area contributed by atoms with Gasteiger partial charge in [0.15, 0.2) is 0 Å². The summed E-state index contributed by atoms with van der Waals surface area (Å²) < 4.78 is 0. The quantitative estimate of drug-likeness (QED) is 0.139. The Bertz CT molecular complexity index is 1010. The summed E-state index contributed by atoms with van der Waals surface area (Å²) in [6.45, 7) is 0.729. The van der Waals surface area contributed by atoms with Gasteiger partial charge in [-0.1, -0.05) is 52.5 Å². The number of hydrogen-bond donors (Lipinski definition) is 5. The van der Waals surface area contributed by atoms with Crippen LogP contribution in [0.1, 0.15) is 5.56 Å². The lowest BCUT2D eigenvalue weighted by Crippen LogP contribution is -2.34. The molecule has 0 radical (unpaired) electrons. The summed E-state index contributed by atoms with van der Waals surface area (Å²) in [5, 5.41) is 18.6. The Balaban J connectivity index is 2.21. The van der Waals surface area contributed by atoms with Crippen molar-refractivity contribution in [3.63, 3.8) is 0 Å². The number of halogens is 4. The minimum absolute atomic E-state index is 0.0333. The molecule has 0 aliphatic carbocycles. The first kappa shape index (κ1) is 24.8. The minimum Gasteiger partial charge on any atom is -0.384 e. The maximum Gasteiger partial charge on any atom is 0.252 e. The van der Waals surface area contributed by atoms with E-state index >= 15 is 0 Å². The average molecular weight is 503 g/mol. The molecule has 11 heteroatoms. The molecule has 2 aromatic carbocycles. The van der Waals surface area contributed by atoms with Crippen molar-refractivity contribution in [3.05, 3.63) is 73.3 Å². The van der Waals surface area contributed by atoms with E-state index in [2.05, 4.69) is 16.0 Å². The van der Waals surface area contributed by atoms with Crippen molar-refractivity contribution < 1.29 is 9.59 Å². The highest BCUT2D eigenvalue weighted by atomic mass is 35.5. The van der Waals surface area contributed by atoms with Crippen molar-refractivity contribution in [1.82, 2.24) is 10.6 Å². The summed E-state index contributed by atoms with van der Waals surface area (Å²) in [5.41, 5.74) is 6.65. The van der Waals surface area contributed by atoms with Crippen molar-refractivity contribution in [3.8, 4) is 0 Å². The molecule has 0 heterocycles. The summed E-state index contributed by atoms with van der Waals surface area (Å²) in [6.07, 6.45) is 0.481. The van der Waals surface area contributed by atoms with Gasteiger partial charge >= 0.3 is 0 Å². The predicted octanol–water partition coefficient (Wildman–Crippen LogP) is 3.86. The minimum atomic E-state index is -0.833. The van der Waals surface area contributed by atoms with Crippen LogP contribution in [0.5, 0.6) is 0 Å². The molecule has 0 fully saturated rings. The fourth-order valence-electron chi connectivity index (χ4n) is 2.68. The zero-order chi connectivity index (χ0) is 23.0. The molecule has 0 aliphatic heterocycles. The average Bonchev–Trinajstić information content (AvgIpc) is 2.69. The van der Waals surface area contributed by atoms with Crippen molar-refractivity contribution >= 4 is 70.1 Å². The van der Waals surface area contributed by atoms with E-state index in [1.165, 1.54) is 12.1 Å². The molecule has 7 nitrogen and oxygen atoms in total. The monoisotopic (exact) mass is 501 g/mol. The third kappa shape index (κ3) is 7.33. The fourth-order valence-corrected chi connectivity index (χ4v) is 3.50. The van der Waals surface area contributed by atoms with Crippen LogP contribution in [0.3, 0.4) is 0 Å². The SMILES string of the molecule is N=C(/C(C(N)=O)=C(/CNC=O)NCCNc1cc(Cl)cc(Cl)c1)c1ccc(Cl)c(Cl)c1. The second-order valence-electron chi connectivity index (χ2n) is 6.23. The van der Waals surface area contributed by atoms with Crippen LogP contribution in [-0.4, -0.2) is 37.7 Å². The molecule has 0 saturated carbocycles. The number of nitrogens with two attached hydrogens (primary N) is 1. The molecule has 0 atom stereocenters. The van der Waals surface area contributed by atoms with Gasteiger partial charge in [-0.05, 0) is 30.3 Å². The molecule has 31 heavy (non-hydrogen) atoms. The molecule has 6 N–H and O–H groups in total. The van der Waals surface area contributed by atoms with Crippen LogP contribution in [0.4, 0.5) is 5.69 Å². The number of benzene rings is 2. The van der Waals surface area contributed by atoms with E-state index in [-0.39, 0.29) is 28.5 Å². The molecule has 164 valence electrons. The van der Waals surface area contributed by atoms with E-state index in [0.717, 1.165) is 5.69 Å². The zero-order valence-electron chi connectivity index (χ0n) is 16.1. The summed E-state index contributed by atoms with van der Waals surface area (Å²) in [7, 11) is 0. The number of primary amides is 1. The lowest BCUT2D eigenvalue weighted by atomic mass is 9.99. The van der Waals surface area contributed by atoms with E-state index in [1.807, 2.05) is 0 Å².